The highest BCUT2D eigenvalue weighted by Crippen LogP contribution is 2.22. The fourth-order valence-electron chi connectivity index (χ4n) is 2.02. The maximum Gasteiger partial charge on any atom is 0.125 e. The summed E-state index contributed by atoms with van der Waals surface area (Å²) >= 11 is 5.72. The number of ether oxygens (including phenoxy) is 1. The van der Waals surface area contributed by atoms with Gasteiger partial charge in [0.15, 0.2) is 0 Å². The van der Waals surface area contributed by atoms with Gasteiger partial charge in [0, 0.05) is 12.4 Å². The van der Waals surface area contributed by atoms with Crippen LogP contribution in [0.4, 0.5) is 0 Å². The molecule has 0 aromatic heterocycles. The van der Waals surface area contributed by atoms with Crippen molar-refractivity contribution < 1.29 is 4.74 Å². The van der Waals surface area contributed by atoms with E-state index in [9.17, 15) is 0 Å². The molecule has 0 aliphatic heterocycles. The zero-order valence-electron chi connectivity index (χ0n) is 11.7. The van der Waals surface area contributed by atoms with E-state index >= 15 is 0 Å². The third-order valence-corrected chi connectivity index (χ3v) is 3.39. The van der Waals surface area contributed by atoms with E-state index in [2.05, 4.69) is 43.9 Å². The molecule has 0 saturated heterocycles. The second-order valence-electron chi connectivity index (χ2n) is 4.55. The lowest BCUT2D eigenvalue weighted by atomic mass is 10.1. The Morgan fingerprint density at radius 1 is 1.17 bits per heavy atom. The van der Waals surface area contributed by atoms with Crippen LogP contribution in [0.1, 0.15) is 24.5 Å². The standard InChI is InChI=1S/C15H24ClNO/c1-4-17(10-6-9-16)11-12-18-15-13(2)7-5-8-14(15)3/h5,7-8H,4,6,9-12H2,1-3H3. The minimum Gasteiger partial charge on any atom is -0.492 e. The molecule has 0 radical (unpaired) electrons. The minimum atomic E-state index is 0.730. The summed E-state index contributed by atoms with van der Waals surface area (Å²) in [6.07, 6.45) is 1.04. The highest BCUT2D eigenvalue weighted by molar-refractivity contribution is 6.17. The molecule has 0 aliphatic rings. The summed E-state index contributed by atoms with van der Waals surface area (Å²) in [4.78, 5) is 2.37. The van der Waals surface area contributed by atoms with Gasteiger partial charge in [0.05, 0.1) is 0 Å². The summed E-state index contributed by atoms with van der Waals surface area (Å²) in [6, 6.07) is 6.25. The van der Waals surface area contributed by atoms with Crippen LogP contribution in [0.25, 0.3) is 0 Å². The summed E-state index contributed by atoms with van der Waals surface area (Å²) < 4.78 is 5.91. The first-order valence-corrected chi connectivity index (χ1v) is 7.19. The number of rotatable bonds is 8. The second-order valence-corrected chi connectivity index (χ2v) is 4.92. The molecule has 1 aromatic carbocycles. The van der Waals surface area contributed by atoms with Gasteiger partial charge in [0.1, 0.15) is 12.4 Å². The molecule has 2 nitrogen and oxygen atoms in total. The zero-order valence-corrected chi connectivity index (χ0v) is 12.5. The molecule has 1 rings (SSSR count). The monoisotopic (exact) mass is 269 g/mol. The predicted molar refractivity (Wildman–Crippen MR) is 78.9 cm³/mol. The lowest BCUT2D eigenvalue weighted by Gasteiger charge is -2.20. The van der Waals surface area contributed by atoms with Gasteiger partial charge in [-0.15, -0.1) is 11.6 Å². The summed E-state index contributed by atoms with van der Waals surface area (Å²) in [6.45, 7) is 10.2. The van der Waals surface area contributed by atoms with Gasteiger partial charge in [0.25, 0.3) is 0 Å². The van der Waals surface area contributed by atoms with Crippen molar-refractivity contribution in [2.75, 3.05) is 32.1 Å². The van der Waals surface area contributed by atoms with Crippen molar-refractivity contribution in [3.05, 3.63) is 29.3 Å². The smallest absolute Gasteiger partial charge is 0.125 e. The maximum atomic E-state index is 5.91. The van der Waals surface area contributed by atoms with Crippen molar-refractivity contribution in [2.45, 2.75) is 27.2 Å². The molecule has 0 N–H and O–H groups in total. The van der Waals surface area contributed by atoms with Crippen molar-refractivity contribution in [1.82, 2.24) is 4.90 Å². The van der Waals surface area contributed by atoms with Crippen LogP contribution in [0.5, 0.6) is 5.75 Å². The van der Waals surface area contributed by atoms with Crippen LogP contribution < -0.4 is 4.74 Å². The lowest BCUT2D eigenvalue weighted by molar-refractivity contribution is 0.215. The fraction of sp³-hybridized carbons (Fsp3) is 0.600. The molecule has 0 atom stereocenters. The van der Waals surface area contributed by atoms with E-state index in [-0.39, 0.29) is 0 Å². The zero-order chi connectivity index (χ0) is 13.4. The third kappa shape index (κ3) is 4.87. The number of hydrogen-bond acceptors (Lipinski definition) is 2. The van der Waals surface area contributed by atoms with Gasteiger partial charge in [-0.3, -0.25) is 0 Å². The van der Waals surface area contributed by atoms with Crippen LogP contribution in [0.2, 0.25) is 0 Å². The fourth-order valence-corrected chi connectivity index (χ4v) is 2.13. The second kappa shape index (κ2) is 8.39. The van der Waals surface area contributed by atoms with Crippen LogP contribution in [-0.2, 0) is 0 Å². The van der Waals surface area contributed by atoms with Gasteiger partial charge in [-0.05, 0) is 44.5 Å². The third-order valence-electron chi connectivity index (χ3n) is 3.12. The summed E-state index contributed by atoms with van der Waals surface area (Å²) in [7, 11) is 0. The highest BCUT2D eigenvalue weighted by Gasteiger charge is 2.05. The van der Waals surface area contributed by atoms with E-state index in [0.717, 1.165) is 44.3 Å². The van der Waals surface area contributed by atoms with E-state index in [4.69, 9.17) is 16.3 Å². The molecule has 18 heavy (non-hydrogen) atoms. The van der Waals surface area contributed by atoms with Crippen LogP contribution in [0.15, 0.2) is 18.2 Å². The molecule has 0 unspecified atom stereocenters. The largest absolute Gasteiger partial charge is 0.492 e. The molecule has 0 heterocycles. The molecule has 0 spiro atoms. The molecule has 1 aromatic rings. The molecule has 0 fully saturated rings. The van der Waals surface area contributed by atoms with E-state index < -0.39 is 0 Å². The maximum absolute atomic E-state index is 5.91. The SMILES string of the molecule is CCN(CCCCl)CCOc1c(C)cccc1C. The Morgan fingerprint density at radius 2 is 1.83 bits per heavy atom. The Balaban J connectivity index is 2.40. The first kappa shape index (κ1) is 15.3. The van der Waals surface area contributed by atoms with Gasteiger partial charge >= 0.3 is 0 Å². The molecular weight excluding hydrogens is 246 g/mol. The van der Waals surface area contributed by atoms with Crippen LogP contribution >= 0.6 is 11.6 Å². The van der Waals surface area contributed by atoms with Crippen LogP contribution in [0.3, 0.4) is 0 Å². The first-order valence-electron chi connectivity index (χ1n) is 6.66. The van der Waals surface area contributed by atoms with Gasteiger partial charge < -0.3 is 9.64 Å². The average Bonchev–Trinajstić information content (AvgIpc) is 2.36. The van der Waals surface area contributed by atoms with Crippen molar-refractivity contribution in [2.24, 2.45) is 0 Å². The molecular formula is C15H24ClNO. The van der Waals surface area contributed by atoms with Crippen molar-refractivity contribution in [3.8, 4) is 5.75 Å². The normalized spacial score (nSPS) is 10.9. The van der Waals surface area contributed by atoms with Gasteiger partial charge in [-0.25, -0.2) is 0 Å². The number of para-hydroxylation sites is 1. The number of nitrogens with zero attached hydrogens (tertiary/aromatic N) is 1. The first-order chi connectivity index (χ1) is 8.69. The topological polar surface area (TPSA) is 12.5 Å². The summed E-state index contributed by atoms with van der Waals surface area (Å²) in [5, 5.41) is 0. The molecule has 0 aliphatic carbocycles. The predicted octanol–water partition coefficient (Wildman–Crippen LogP) is 3.63. The number of likely N-dealkylation sites (N-methyl/N-ethyl adjacent to an activating group) is 1. The van der Waals surface area contributed by atoms with Gasteiger partial charge in [-0.2, -0.15) is 0 Å². The van der Waals surface area contributed by atoms with Gasteiger partial charge in [0.2, 0.25) is 0 Å². The van der Waals surface area contributed by atoms with E-state index in [0.29, 0.717) is 0 Å². The molecule has 0 saturated carbocycles. The number of halogens is 1. The Bertz CT molecular complexity index is 334. The number of aryl methyl sites for hydroxylation is 2. The Hall–Kier alpha value is -0.730. The lowest BCUT2D eigenvalue weighted by Crippen LogP contribution is -2.29. The van der Waals surface area contributed by atoms with Crippen LogP contribution in [-0.4, -0.2) is 37.0 Å². The molecule has 0 bridgehead atoms. The van der Waals surface area contributed by atoms with E-state index in [1.165, 1.54) is 11.1 Å². The van der Waals surface area contributed by atoms with E-state index in [1.54, 1.807) is 0 Å². The van der Waals surface area contributed by atoms with Crippen LogP contribution in [0, 0.1) is 13.8 Å². The molecule has 3 heteroatoms. The summed E-state index contributed by atoms with van der Waals surface area (Å²) in [5.41, 5.74) is 2.41. The van der Waals surface area contributed by atoms with Crippen molar-refractivity contribution in [1.29, 1.82) is 0 Å². The van der Waals surface area contributed by atoms with E-state index in [1.807, 2.05) is 0 Å². The minimum absolute atomic E-state index is 0.730. The quantitative estimate of drug-likeness (QED) is 0.668. The van der Waals surface area contributed by atoms with Crippen molar-refractivity contribution in [3.63, 3.8) is 0 Å². The highest BCUT2D eigenvalue weighted by atomic mass is 35.5. The van der Waals surface area contributed by atoms with Gasteiger partial charge in [-0.1, -0.05) is 25.1 Å². The van der Waals surface area contributed by atoms with Crippen molar-refractivity contribution >= 4 is 11.6 Å². The average molecular weight is 270 g/mol. The number of benzene rings is 1. The molecule has 102 valence electrons. The Labute approximate surface area is 116 Å². The number of alkyl halides is 1. The Kier molecular flexibility index (Phi) is 7.14. The molecule has 0 amide bonds. The number of hydrogen-bond donors (Lipinski definition) is 0. The summed E-state index contributed by atoms with van der Waals surface area (Å²) in [5.74, 6) is 1.76. The Morgan fingerprint density at radius 3 is 2.39 bits per heavy atom.